The van der Waals surface area contributed by atoms with Gasteiger partial charge in [-0.25, -0.2) is 8.78 Å². The average Bonchev–Trinajstić information content (AvgIpc) is 3.54. The summed E-state index contributed by atoms with van der Waals surface area (Å²) in [5.74, 6) is -5.32. The highest BCUT2D eigenvalue weighted by atomic mass is 19.4. The molecule has 6 atom stereocenters. The fourth-order valence-electron chi connectivity index (χ4n) is 5.81. The maximum absolute atomic E-state index is 14.1. The summed E-state index contributed by atoms with van der Waals surface area (Å²) in [6, 6.07) is -1.63. The minimum Gasteiger partial charge on any atom is -0.503 e. The van der Waals surface area contributed by atoms with Crippen molar-refractivity contribution in [1.29, 1.82) is 0 Å². The van der Waals surface area contributed by atoms with Gasteiger partial charge in [-0.15, -0.1) is 0 Å². The first-order chi connectivity index (χ1) is 17.0. The molecule has 6 rings (SSSR count). The van der Waals surface area contributed by atoms with Crippen LogP contribution in [0.1, 0.15) is 45.3 Å². The quantitative estimate of drug-likeness (QED) is 0.617. The van der Waals surface area contributed by atoms with Crippen LogP contribution in [0.25, 0.3) is 0 Å². The van der Waals surface area contributed by atoms with Gasteiger partial charge in [-0.3, -0.25) is 14.4 Å². The molecule has 1 aromatic heterocycles. The lowest BCUT2D eigenvalue weighted by atomic mass is 10.0. The van der Waals surface area contributed by atoms with E-state index in [1.807, 2.05) is 0 Å². The number of rotatable bonds is 3. The maximum Gasteiger partial charge on any atom is 0.412 e. The monoisotopic (exact) mass is 511 g/mol. The summed E-state index contributed by atoms with van der Waals surface area (Å²) in [5, 5.41) is 12.1. The van der Waals surface area contributed by atoms with E-state index in [2.05, 4.69) is 0 Å². The predicted molar refractivity (Wildman–Crippen MR) is 110 cm³/mol. The number of nitrogens with one attached hydrogen (secondary N) is 1. The predicted octanol–water partition coefficient (Wildman–Crippen LogP) is 2.45. The van der Waals surface area contributed by atoms with E-state index in [1.54, 1.807) is 5.32 Å². The second-order valence-electron chi connectivity index (χ2n) is 9.54. The van der Waals surface area contributed by atoms with Crippen LogP contribution in [-0.4, -0.2) is 50.9 Å². The van der Waals surface area contributed by atoms with E-state index in [-0.39, 0.29) is 30.5 Å². The molecule has 8 nitrogen and oxygen atoms in total. The molecule has 0 unspecified atom stereocenters. The molecule has 36 heavy (non-hydrogen) atoms. The molecule has 1 saturated heterocycles. The summed E-state index contributed by atoms with van der Waals surface area (Å²) < 4.78 is 75.5. The third-order valence-electron chi connectivity index (χ3n) is 7.50. The van der Waals surface area contributed by atoms with E-state index in [0.29, 0.717) is 30.4 Å². The zero-order valence-electron chi connectivity index (χ0n) is 18.3. The van der Waals surface area contributed by atoms with Crippen molar-refractivity contribution in [3.8, 4) is 5.75 Å². The SMILES string of the molecule is O=C(N[C@@H](c1ccc(F)cc1F)C(F)(F)F)c1cn2c(c(O)c1=O)C(=O)N1[C@@H]3C[C@H](O[C@@H]1C2)[C@H]1C[C@H]13. The second kappa shape index (κ2) is 7.51. The van der Waals surface area contributed by atoms with Crippen LogP contribution < -0.4 is 10.7 Å². The zero-order chi connectivity index (χ0) is 25.7. The first kappa shape index (κ1) is 23.0. The Labute approximate surface area is 199 Å². The number of amides is 2. The average molecular weight is 511 g/mol. The Hall–Kier alpha value is -3.48. The summed E-state index contributed by atoms with van der Waals surface area (Å²) >= 11 is 0. The lowest BCUT2D eigenvalue weighted by Crippen LogP contribution is -2.58. The molecule has 3 fully saturated rings. The molecule has 0 radical (unpaired) electrons. The number of alkyl halides is 3. The number of hydrogen-bond acceptors (Lipinski definition) is 5. The molecule has 4 aliphatic rings. The normalized spacial score (nSPS) is 28.8. The third-order valence-corrected chi connectivity index (χ3v) is 7.50. The van der Waals surface area contributed by atoms with Gasteiger partial charge in [0.1, 0.15) is 17.2 Å². The van der Waals surface area contributed by atoms with Crippen LogP contribution in [-0.2, 0) is 11.3 Å². The minimum atomic E-state index is -5.20. The molecule has 2 saturated carbocycles. The molecule has 2 bridgehead atoms. The van der Waals surface area contributed by atoms with Gasteiger partial charge in [-0.1, -0.05) is 6.07 Å². The molecule has 2 aliphatic carbocycles. The maximum atomic E-state index is 14.1. The van der Waals surface area contributed by atoms with Crippen molar-refractivity contribution in [3.05, 3.63) is 63.1 Å². The fourth-order valence-corrected chi connectivity index (χ4v) is 5.81. The van der Waals surface area contributed by atoms with E-state index >= 15 is 0 Å². The van der Waals surface area contributed by atoms with E-state index in [4.69, 9.17) is 4.74 Å². The Morgan fingerprint density at radius 2 is 1.92 bits per heavy atom. The number of benzene rings is 1. The molecular weight excluding hydrogens is 493 g/mol. The van der Waals surface area contributed by atoms with Gasteiger partial charge in [-0.2, -0.15) is 13.2 Å². The van der Waals surface area contributed by atoms with Crippen LogP contribution in [0.4, 0.5) is 22.0 Å². The topological polar surface area (TPSA) is 101 Å². The van der Waals surface area contributed by atoms with Crippen molar-refractivity contribution in [2.45, 2.75) is 50.0 Å². The number of pyridine rings is 1. The summed E-state index contributed by atoms with van der Waals surface area (Å²) in [6.07, 6.45) is -3.47. The number of aromatic hydroxyl groups is 1. The largest absolute Gasteiger partial charge is 0.503 e. The van der Waals surface area contributed by atoms with Crippen LogP contribution in [0.2, 0.25) is 0 Å². The van der Waals surface area contributed by atoms with Gasteiger partial charge in [0.05, 0.1) is 12.6 Å². The van der Waals surface area contributed by atoms with Gasteiger partial charge in [0.15, 0.2) is 23.7 Å². The standard InChI is InChI=1S/C23H18F5N3O5/c24-8-1-2-9(13(25)3-8)20(23(26,27)28)29-21(34)12-6-30-7-16-31(22(35)17(30)19(33)18(12)32)14-5-15(36-16)11-4-10(11)14/h1-3,6,10-11,14-16,20,33H,4-5,7H2,(H,29,34)/t10-,11+,14-,15+,16-,20+/m1/s1. The van der Waals surface area contributed by atoms with Crippen LogP contribution in [0.3, 0.4) is 0 Å². The summed E-state index contributed by atoms with van der Waals surface area (Å²) in [5.41, 5.74) is -3.67. The van der Waals surface area contributed by atoms with Crippen LogP contribution in [0.15, 0.2) is 29.2 Å². The number of fused-ring (bicyclic) bond motifs is 8. The number of halogens is 5. The molecule has 0 spiro atoms. The first-order valence-corrected chi connectivity index (χ1v) is 11.2. The number of carbonyl (C=O) groups is 2. The fraction of sp³-hybridized carbons (Fsp3) is 0.435. The van der Waals surface area contributed by atoms with E-state index in [0.717, 1.165) is 17.2 Å². The van der Waals surface area contributed by atoms with Crippen molar-refractivity contribution in [2.24, 2.45) is 11.8 Å². The van der Waals surface area contributed by atoms with Gasteiger partial charge >= 0.3 is 6.18 Å². The lowest BCUT2D eigenvalue weighted by molar-refractivity contribution is -0.155. The molecule has 2 amide bonds. The summed E-state index contributed by atoms with van der Waals surface area (Å²) in [6.45, 7) is -0.0447. The van der Waals surface area contributed by atoms with Crippen molar-refractivity contribution >= 4 is 11.8 Å². The second-order valence-corrected chi connectivity index (χ2v) is 9.54. The molecule has 1 aromatic carbocycles. The lowest BCUT2D eigenvalue weighted by Gasteiger charge is -2.45. The minimum absolute atomic E-state index is 0.0236. The van der Waals surface area contributed by atoms with Gasteiger partial charge < -0.3 is 24.6 Å². The highest BCUT2D eigenvalue weighted by molar-refractivity contribution is 5.99. The third kappa shape index (κ3) is 3.32. The molecule has 2 N–H and O–H groups in total. The van der Waals surface area contributed by atoms with Crippen molar-refractivity contribution < 1.29 is 41.4 Å². The van der Waals surface area contributed by atoms with Crippen molar-refractivity contribution in [3.63, 3.8) is 0 Å². The number of hydrogen-bond donors (Lipinski definition) is 2. The Balaban J connectivity index is 1.35. The van der Waals surface area contributed by atoms with Crippen LogP contribution in [0, 0.1) is 23.5 Å². The van der Waals surface area contributed by atoms with Crippen molar-refractivity contribution in [2.75, 3.05) is 0 Å². The summed E-state index contributed by atoms with van der Waals surface area (Å²) in [7, 11) is 0. The Bertz CT molecular complexity index is 1380. The molecule has 190 valence electrons. The Kier molecular flexibility index (Phi) is 4.79. The number of ether oxygens (including phenoxy) is 1. The van der Waals surface area contributed by atoms with Gasteiger partial charge in [0, 0.05) is 23.9 Å². The number of aromatic nitrogens is 1. The number of nitrogens with zero attached hydrogens (tertiary/aromatic N) is 2. The van der Waals surface area contributed by atoms with Gasteiger partial charge in [0.2, 0.25) is 5.43 Å². The smallest absolute Gasteiger partial charge is 0.412 e. The van der Waals surface area contributed by atoms with E-state index in [1.165, 1.54) is 4.90 Å². The van der Waals surface area contributed by atoms with Crippen LogP contribution >= 0.6 is 0 Å². The first-order valence-electron chi connectivity index (χ1n) is 11.2. The molecule has 3 heterocycles. The Morgan fingerprint density at radius 1 is 1.17 bits per heavy atom. The van der Waals surface area contributed by atoms with Crippen molar-refractivity contribution in [1.82, 2.24) is 14.8 Å². The highest BCUT2D eigenvalue weighted by Crippen LogP contribution is 2.58. The molecular formula is C23H18F5N3O5. The zero-order valence-corrected chi connectivity index (χ0v) is 18.3. The molecule has 13 heteroatoms. The molecule has 2 aromatic rings. The van der Waals surface area contributed by atoms with Gasteiger partial charge in [0.25, 0.3) is 11.8 Å². The van der Waals surface area contributed by atoms with Crippen LogP contribution in [0.5, 0.6) is 5.75 Å². The van der Waals surface area contributed by atoms with Gasteiger partial charge in [-0.05, 0) is 30.7 Å². The highest BCUT2D eigenvalue weighted by Gasteiger charge is 2.63. The number of carbonyl (C=O) groups excluding carboxylic acids is 2. The summed E-state index contributed by atoms with van der Waals surface area (Å²) in [4.78, 5) is 40.3. The van der Waals surface area contributed by atoms with E-state index < -0.39 is 64.2 Å². The van der Waals surface area contributed by atoms with E-state index in [9.17, 15) is 41.4 Å². The Morgan fingerprint density at radius 3 is 2.61 bits per heavy atom. The molecule has 2 aliphatic heterocycles.